The maximum atomic E-state index is 12.0. The van der Waals surface area contributed by atoms with Crippen molar-refractivity contribution >= 4 is 5.91 Å². The predicted molar refractivity (Wildman–Crippen MR) is 82.1 cm³/mol. The van der Waals surface area contributed by atoms with E-state index < -0.39 is 0 Å². The number of hydrogen-bond donors (Lipinski definition) is 2. The second-order valence-corrected chi connectivity index (χ2v) is 5.43. The highest BCUT2D eigenvalue weighted by Crippen LogP contribution is 2.14. The molecule has 0 saturated carbocycles. The van der Waals surface area contributed by atoms with Crippen molar-refractivity contribution in [3.8, 4) is 11.4 Å². The van der Waals surface area contributed by atoms with E-state index in [0.717, 1.165) is 30.8 Å². The van der Waals surface area contributed by atoms with Crippen molar-refractivity contribution in [2.75, 3.05) is 19.8 Å². The number of benzene rings is 1. The number of nitrogens with one attached hydrogen (secondary N) is 2. The summed E-state index contributed by atoms with van der Waals surface area (Å²) in [6.07, 6.45) is 2.51. The number of nitrogens with zero attached hydrogens (tertiary/aromatic N) is 2. The van der Waals surface area contributed by atoms with Crippen LogP contribution in [0.1, 0.15) is 18.7 Å². The smallest absolute Gasteiger partial charge is 0.225 e. The third kappa shape index (κ3) is 3.71. The van der Waals surface area contributed by atoms with Crippen molar-refractivity contribution in [2.24, 2.45) is 5.92 Å². The Balaban J connectivity index is 1.48. The topological polar surface area (TPSA) is 79.9 Å². The molecule has 1 aromatic carbocycles. The van der Waals surface area contributed by atoms with Crippen molar-refractivity contribution in [1.82, 2.24) is 20.5 Å². The lowest BCUT2D eigenvalue weighted by atomic mass is 10.0. The van der Waals surface area contributed by atoms with Gasteiger partial charge in [-0.25, -0.2) is 4.98 Å². The monoisotopic (exact) mass is 300 g/mol. The molecular weight excluding hydrogens is 280 g/mol. The average molecular weight is 300 g/mol. The minimum absolute atomic E-state index is 0.0108. The van der Waals surface area contributed by atoms with Crippen LogP contribution in [0.4, 0.5) is 0 Å². The largest absolute Gasteiger partial charge is 0.381 e. The Kier molecular flexibility index (Phi) is 4.80. The molecule has 1 amide bonds. The van der Waals surface area contributed by atoms with Gasteiger partial charge in [0.1, 0.15) is 5.82 Å². The van der Waals surface area contributed by atoms with E-state index in [4.69, 9.17) is 4.74 Å². The van der Waals surface area contributed by atoms with Gasteiger partial charge in [0.15, 0.2) is 5.82 Å². The zero-order chi connectivity index (χ0) is 15.2. The number of amides is 1. The van der Waals surface area contributed by atoms with Crippen LogP contribution in [0, 0.1) is 5.92 Å². The Bertz CT molecular complexity index is 606. The molecule has 1 atom stereocenters. The Morgan fingerprint density at radius 2 is 2.23 bits per heavy atom. The number of carbonyl (C=O) groups excluding carboxylic acids is 1. The summed E-state index contributed by atoms with van der Waals surface area (Å²) in [5, 5.41) is 10.1. The van der Waals surface area contributed by atoms with Crippen molar-refractivity contribution < 1.29 is 9.53 Å². The number of ether oxygens (including phenoxy) is 1. The fourth-order valence-corrected chi connectivity index (χ4v) is 2.52. The molecule has 3 rings (SSSR count). The van der Waals surface area contributed by atoms with E-state index in [1.807, 2.05) is 30.3 Å². The first-order valence-corrected chi connectivity index (χ1v) is 7.65. The highest BCUT2D eigenvalue weighted by molar-refractivity contribution is 5.78. The van der Waals surface area contributed by atoms with Crippen LogP contribution in [0.25, 0.3) is 11.4 Å². The molecule has 6 heteroatoms. The molecule has 2 N–H and O–H groups in total. The number of rotatable bonds is 5. The molecule has 6 nitrogen and oxygen atoms in total. The van der Waals surface area contributed by atoms with E-state index in [1.165, 1.54) is 0 Å². The van der Waals surface area contributed by atoms with Crippen LogP contribution in [0.5, 0.6) is 0 Å². The molecule has 0 aliphatic carbocycles. The van der Waals surface area contributed by atoms with Gasteiger partial charge in [-0.05, 0) is 12.8 Å². The minimum Gasteiger partial charge on any atom is -0.381 e. The lowest BCUT2D eigenvalue weighted by Crippen LogP contribution is -2.36. The molecule has 2 heterocycles. The van der Waals surface area contributed by atoms with E-state index in [1.54, 1.807) is 0 Å². The molecule has 1 aromatic heterocycles. The molecule has 0 spiro atoms. The van der Waals surface area contributed by atoms with Crippen molar-refractivity contribution in [2.45, 2.75) is 19.3 Å². The molecular formula is C16H20N4O2. The van der Waals surface area contributed by atoms with Crippen LogP contribution in [0.3, 0.4) is 0 Å². The van der Waals surface area contributed by atoms with E-state index in [-0.39, 0.29) is 11.8 Å². The standard InChI is InChI=1S/C16H20N4O2/c21-16(13-7-4-10-22-11-13)17-9-8-14-18-15(20-19-14)12-5-2-1-3-6-12/h1-3,5-6,13H,4,7-11H2,(H,17,21)(H,18,19,20)/t13-/m0/s1. The molecule has 0 radical (unpaired) electrons. The van der Waals surface area contributed by atoms with Crippen LogP contribution < -0.4 is 5.32 Å². The molecule has 1 aliphatic heterocycles. The molecule has 1 fully saturated rings. The Hall–Kier alpha value is -2.21. The van der Waals surface area contributed by atoms with Gasteiger partial charge >= 0.3 is 0 Å². The third-order valence-electron chi connectivity index (χ3n) is 3.76. The molecule has 22 heavy (non-hydrogen) atoms. The van der Waals surface area contributed by atoms with Gasteiger partial charge in [0, 0.05) is 25.1 Å². The highest BCUT2D eigenvalue weighted by Gasteiger charge is 2.21. The number of aromatic nitrogens is 3. The lowest BCUT2D eigenvalue weighted by Gasteiger charge is -2.21. The summed E-state index contributed by atoms with van der Waals surface area (Å²) in [6, 6.07) is 9.81. The maximum Gasteiger partial charge on any atom is 0.225 e. The minimum atomic E-state index is -0.0108. The van der Waals surface area contributed by atoms with Gasteiger partial charge in [0.2, 0.25) is 5.91 Å². The van der Waals surface area contributed by atoms with Gasteiger partial charge in [0.25, 0.3) is 0 Å². The zero-order valence-electron chi connectivity index (χ0n) is 12.4. The maximum absolute atomic E-state index is 12.0. The number of H-pyrrole nitrogens is 1. The predicted octanol–water partition coefficient (Wildman–Crippen LogP) is 1.56. The van der Waals surface area contributed by atoms with Crippen molar-refractivity contribution in [3.63, 3.8) is 0 Å². The summed E-state index contributed by atoms with van der Waals surface area (Å²) in [7, 11) is 0. The summed E-state index contributed by atoms with van der Waals surface area (Å²) in [5.74, 6) is 1.52. The van der Waals surface area contributed by atoms with E-state index in [0.29, 0.717) is 25.4 Å². The molecule has 1 saturated heterocycles. The van der Waals surface area contributed by atoms with Gasteiger partial charge in [-0.3, -0.25) is 9.89 Å². The van der Waals surface area contributed by atoms with Crippen molar-refractivity contribution in [1.29, 1.82) is 0 Å². The molecule has 116 valence electrons. The van der Waals surface area contributed by atoms with Crippen LogP contribution in [-0.2, 0) is 16.0 Å². The SMILES string of the molecule is O=C(NCCc1nc(-c2ccccc2)n[nH]1)[C@H]1CCCOC1. The van der Waals surface area contributed by atoms with Gasteiger partial charge in [-0.15, -0.1) is 0 Å². The van der Waals surface area contributed by atoms with Crippen molar-refractivity contribution in [3.05, 3.63) is 36.2 Å². The normalized spacial score (nSPS) is 18.1. The number of aromatic amines is 1. The highest BCUT2D eigenvalue weighted by atomic mass is 16.5. The Morgan fingerprint density at radius 3 is 3.00 bits per heavy atom. The zero-order valence-corrected chi connectivity index (χ0v) is 12.4. The fraction of sp³-hybridized carbons (Fsp3) is 0.438. The summed E-state index contributed by atoms with van der Waals surface area (Å²) in [4.78, 5) is 16.4. The van der Waals surface area contributed by atoms with Crippen LogP contribution >= 0.6 is 0 Å². The summed E-state index contributed by atoms with van der Waals surface area (Å²) < 4.78 is 5.33. The average Bonchev–Trinajstić information content (AvgIpc) is 3.05. The fourth-order valence-electron chi connectivity index (χ4n) is 2.52. The third-order valence-corrected chi connectivity index (χ3v) is 3.76. The summed E-state index contributed by atoms with van der Waals surface area (Å²) >= 11 is 0. The lowest BCUT2D eigenvalue weighted by molar-refractivity contribution is -0.128. The van der Waals surface area contributed by atoms with Crippen LogP contribution in [0.2, 0.25) is 0 Å². The first-order chi connectivity index (χ1) is 10.8. The number of carbonyl (C=O) groups is 1. The van der Waals surface area contributed by atoms with Gasteiger partial charge in [-0.1, -0.05) is 30.3 Å². The molecule has 1 aliphatic rings. The van der Waals surface area contributed by atoms with E-state index >= 15 is 0 Å². The van der Waals surface area contributed by atoms with Crippen LogP contribution in [-0.4, -0.2) is 40.8 Å². The van der Waals surface area contributed by atoms with Gasteiger partial charge < -0.3 is 10.1 Å². The molecule has 0 bridgehead atoms. The van der Waals surface area contributed by atoms with Gasteiger partial charge in [0.05, 0.1) is 12.5 Å². The van der Waals surface area contributed by atoms with Gasteiger partial charge in [-0.2, -0.15) is 5.10 Å². The first-order valence-electron chi connectivity index (χ1n) is 7.65. The molecule has 0 unspecified atom stereocenters. The Labute approximate surface area is 129 Å². The Morgan fingerprint density at radius 1 is 1.36 bits per heavy atom. The summed E-state index contributed by atoms with van der Waals surface area (Å²) in [5.41, 5.74) is 0.980. The molecule has 2 aromatic rings. The second-order valence-electron chi connectivity index (χ2n) is 5.43. The van der Waals surface area contributed by atoms with E-state index in [9.17, 15) is 4.79 Å². The first kappa shape index (κ1) is 14.7. The second kappa shape index (κ2) is 7.17. The number of hydrogen-bond acceptors (Lipinski definition) is 4. The quantitative estimate of drug-likeness (QED) is 0.878. The van der Waals surface area contributed by atoms with Crippen LogP contribution in [0.15, 0.2) is 30.3 Å². The summed E-state index contributed by atoms with van der Waals surface area (Å²) in [6.45, 7) is 1.86. The van der Waals surface area contributed by atoms with E-state index in [2.05, 4.69) is 20.5 Å².